The quantitative estimate of drug-likeness (QED) is 0.549. The van der Waals surface area contributed by atoms with E-state index in [-0.39, 0.29) is 0 Å². The van der Waals surface area contributed by atoms with E-state index in [1.165, 1.54) is 27.5 Å². The largest absolute Gasteiger partial charge is 0.493 e. The number of nitrogens with zero attached hydrogens (tertiary/aromatic N) is 1. The van der Waals surface area contributed by atoms with Crippen molar-refractivity contribution in [3.63, 3.8) is 0 Å². The molecule has 2 aromatic rings. The van der Waals surface area contributed by atoms with Crippen LogP contribution in [0.2, 0.25) is 5.02 Å². The van der Waals surface area contributed by atoms with Crippen molar-refractivity contribution in [1.29, 1.82) is 0 Å². The van der Waals surface area contributed by atoms with Crippen molar-refractivity contribution in [2.75, 3.05) is 27.9 Å². The van der Waals surface area contributed by atoms with Crippen LogP contribution < -0.4 is 24.4 Å². The van der Waals surface area contributed by atoms with E-state index in [0.717, 1.165) is 0 Å². The van der Waals surface area contributed by atoms with Crippen LogP contribution in [0.5, 0.6) is 23.0 Å². The van der Waals surface area contributed by atoms with Gasteiger partial charge in [0.05, 0.1) is 39.2 Å². The van der Waals surface area contributed by atoms with Gasteiger partial charge in [0.1, 0.15) is 0 Å². The molecule has 0 saturated heterocycles. The lowest BCUT2D eigenvalue weighted by Crippen LogP contribution is -2.17. The Morgan fingerprint density at radius 2 is 1.78 bits per heavy atom. The molecule has 0 fully saturated rings. The van der Waals surface area contributed by atoms with E-state index in [9.17, 15) is 4.79 Å². The fourth-order valence-electron chi connectivity index (χ4n) is 2.31. The highest BCUT2D eigenvalue weighted by molar-refractivity contribution is 6.32. The number of halogens is 1. The van der Waals surface area contributed by atoms with Gasteiger partial charge in [0.2, 0.25) is 0 Å². The van der Waals surface area contributed by atoms with Gasteiger partial charge < -0.3 is 18.9 Å². The highest BCUT2D eigenvalue weighted by Gasteiger charge is 2.12. The Labute approximate surface area is 162 Å². The Morgan fingerprint density at radius 1 is 1.07 bits per heavy atom. The van der Waals surface area contributed by atoms with Crippen molar-refractivity contribution in [3.05, 3.63) is 46.5 Å². The second-order valence-electron chi connectivity index (χ2n) is 5.24. The Morgan fingerprint density at radius 3 is 2.41 bits per heavy atom. The number of carbonyl (C=O) groups is 1. The highest BCUT2D eigenvalue weighted by Crippen LogP contribution is 2.36. The topological polar surface area (TPSA) is 78.4 Å². The summed E-state index contributed by atoms with van der Waals surface area (Å²) in [4.78, 5) is 12.2. The molecular formula is C19H21ClN2O5. The van der Waals surface area contributed by atoms with Crippen LogP contribution in [0.15, 0.2) is 35.4 Å². The number of hydrazone groups is 1. The summed E-state index contributed by atoms with van der Waals surface area (Å²) >= 11 is 6.21. The van der Waals surface area contributed by atoms with Crippen LogP contribution in [0.25, 0.3) is 0 Å². The molecule has 0 unspecified atom stereocenters. The average molecular weight is 393 g/mol. The molecule has 8 heteroatoms. The molecule has 7 nitrogen and oxygen atoms in total. The number of benzene rings is 2. The molecule has 0 aliphatic carbocycles. The molecule has 1 amide bonds. The molecule has 2 rings (SSSR count). The molecule has 0 aromatic heterocycles. The molecule has 1 N–H and O–H groups in total. The maximum atomic E-state index is 12.2. The van der Waals surface area contributed by atoms with Crippen LogP contribution in [0.4, 0.5) is 0 Å². The van der Waals surface area contributed by atoms with E-state index in [0.29, 0.717) is 45.8 Å². The lowest BCUT2D eigenvalue weighted by Gasteiger charge is -2.11. The van der Waals surface area contributed by atoms with Crippen molar-refractivity contribution in [3.8, 4) is 23.0 Å². The molecule has 2 aromatic carbocycles. The predicted octanol–water partition coefficient (Wildman–Crippen LogP) is 3.53. The molecule has 0 saturated carbocycles. The molecule has 0 radical (unpaired) electrons. The van der Waals surface area contributed by atoms with Gasteiger partial charge in [-0.3, -0.25) is 4.79 Å². The molecule has 27 heavy (non-hydrogen) atoms. The number of amides is 1. The van der Waals surface area contributed by atoms with Crippen molar-refractivity contribution in [2.45, 2.75) is 6.92 Å². The summed E-state index contributed by atoms with van der Waals surface area (Å²) in [5.41, 5.74) is 3.48. The number of ether oxygens (including phenoxy) is 4. The van der Waals surface area contributed by atoms with Crippen molar-refractivity contribution < 1.29 is 23.7 Å². The summed E-state index contributed by atoms with van der Waals surface area (Å²) in [7, 11) is 4.55. The van der Waals surface area contributed by atoms with Crippen LogP contribution in [0.1, 0.15) is 22.8 Å². The molecular weight excluding hydrogens is 372 g/mol. The summed E-state index contributed by atoms with van der Waals surface area (Å²) in [6.45, 7) is 2.32. The summed E-state index contributed by atoms with van der Waals surface area (Å²) in [5, 5.41) is 4.35. The smallest absolute Gasteiger partial charge is 0.271 e. The van der Waals surface area contributed by atoms with Gasteiger partial charge in [0, 0.05) is 5.56 Å². The number of hydrogen-bond donors (Lipinski definition) is 1. The lowest BCUT2D eigenvalue weighted by molar-refractivity contribution is 0.0954. The average Bonchev–Trinajstić information content (AvgIpc) is 2.69. The molecule has 0 aliphatic heterocycles. The van der Waals surface area contributed by atoms with E-state index in [4.69, 9.17) is 30.5 Å². The summed E-state index contributed by atoms with van der Waals surface area (Å²) in [6, 6.07) is 8.21. The third-order valence-electron chi connectivity index (χ3n) is 3.57. The number of methoxy groups -OCH3 is 3. The van der Waals surface area contributed by atoms with Crippen molar-refractivity contribution in [2.24, 2.45) is 5.10 Å². The SMILES string of the molecule is CCOc1c(Cl)cc(/C=N/NC(=O)c2ccc(OC)c(OC)c2)cc1OC. The first kappa shape index (κ1) is 20.4. The van der Waals surface area contributed by atoms with Crippen LogP contribution >= 0.6 is 11.6 Å². The molecule has 0 atom stereocenters. The van der Waals surface area contributed by atoms with E-state index in [2.05, 4.69) is 10.5 Å². The van der Waals surface area contributed by atoms with Crippen molar-refractivity contribution in [1.82, 2.24) is 5.43 Å². The second kappa shape index (κ2) is 9.68. The van der Waals surface area contributed by atoms with Crippen LogP contribution in [-0.2, 0) is 0 Å². The van der Waals surface area contributed by atoms with Gasteiger partial charge >= 0.3 is 0 Å². The zero-order valence-electron chi connectivity index (χ0n) is 15.5. The Hall–Kier alpha value is -2.93. The third-order valence-corrected chi connectivity index (χ3v) is 3.85. The third kappa shape index (κ3) is 5.04. The van der Waals surface area contributed by atoms with E-state index in [1.807, 2.05) is 6.92 Å². The zero-order chi connectivity index (χ0) is 19.8. The molecule has 0 spiro atoms. The minimum atomic E-state index is -0.392. The number of rotatable bonds is 8. The summed E-state index contributed by atoms with van der Waals surface area (Å²) in [6.07, 6.45) is 1.46. The first-order chi connectivity index (χ1) is 13.0. The van der Waals surface area contributed by atoms with Gasteiger partial charge in [-0.1, -0.05) is 11.6 Å². The minimum absolute atomic E-state index is 0.382. The zero-order valence-corrected chi connectivity index (χ0v) is 16.3. The first-order valence-electron chi connectivity index (χ1n) is 8.09. The monoisotopic (exact) mass is 392 g/mol. The van der Waals surface area contributed by atoms with Gasteiger partial charge in [-0.2, -0.15) is 5.10 Å². The normalized spacial score (nSPS) is 10.6. The Bertz CT molecular complexity index is 839. The fourth-order valence-corrected chi connectivity index (χ4v) is 2.58. The van der Waals surface area contributed by atoms with Gasteiger partial charge in [-0.05, 0) is 42.8 Å². The summed E-state index contributed by atoms with van der Waals surface area (Å²) < 4.78 is 21.1. The van der Waals surface area contributed by atoms with Crippen LogP contribution in [-0.4, -0.2) is 40.1 Å². The van der Waals surface area contributed by atoms with Gasteiger partial charge in [-0.25, -0.2) is 5.43 Å². The maximum Gasteiger partial charge on any atom is 0.271 e. The lowest BCUT2D eigenvalue weighted by atomic mass is 10.2. The maximum absolute atomic E-state index is 12.2. The van der Waals surface area contributed by atoms with E-state index in [1.54, 1.807) is 30.3 Å². The number of hydrogen-bond acceptors (Lipinski definition) is 6. The molecule has 144 valence electrons. The van der Waals surface area contributed by atoms with Crippen LogP contribution in [0, 0.1) is 0 Å². The Kier molecular flexibility index (Phi) is 7.31. The van der Waals surface area contributed by atoms with E-state index < -0.39 is 5.91 Å². The van der Waals surface area contributed by atoms with Gasteiger partial charge in [0.25, 0.3) is 5.91 Å². The fraction of sp³-hybridized carbons (Fsp3) is 0.263. The number of carbonyl (C=O) groups excluding carboxylic acids is 1. The molecule has 0 bridgehead atoms. The minimum Gasteiger partial charge on any atom is -0.493 e. The van der Waals surface area contributed by atoms with Gasteiger partial charge in [0.15, 0.2) is 23.0 Å². The summed E-state index contributed by atoms with van der Waals surface area (Å²) in [5.74, 6) is 1.55. The van der Waals surface area contributed by atoms with Gasteiger partial charge in [-0.15, -0.1) is 0 Å². The predicted molar refractivity (Wildman–Crippen MR) is 104 cm³/mol. The highest BCUT2D eigenvalue weighted by atomic mass is 35.5. The first-order valence-corrected chi connectivity index (χ1v) is 8.47. The molecule has 0 heterocycles. The molecule has 0 aliphatic rings. The standard InChI is InChI=1S/C19H21ClN2O5/c1-5-27-18-14(20)8-12(9-17(18)26-4)11-21-22-19(23)13-6-7-15(24-2)16(10-13)25-3/h6-11H,5H2,1-4H3,(H,22,23)/b21-11+. The Balaban J connectivity index is 2.13. The van der Waals surface area contributed by atoms with Crippen molar-refractivity contribution >= 4 is 23.7 Å². The second-order valence-corrected chi connectivity index (χ2v) is 5.64. The number of nitrogens with one attached hydrogen (secondary N) is 1. The van der Waals surface area contributed by atoms with E-state index >= 15 is 0 Å². The van der Waals surface area contributed by atoms with Crippen LogP contribution in [0.3, 0.4) is 0 Å².